The number of carbonyl (C=O) groups excluding carboxylic acids is 2. The largest absolute Gasteiger partial charge is 0.508 e. The number of benzene rings is 2. The number of hydrogen-bond donors (Lipinski definition) is 3. The molecule has 3 N–H and O–H groups in total. The molecule has 3 rings (SSSR count). The Labute approximate surface area is 150 Å². The smallest absolute Gasteiger partial charge is 0.313 e. The first kappa shape index (κ1) is 17.4. The van der Waals surface area contributed by atoms with E-state index >= 15 is 0 Å². The number of aromatic nitrogens is 1. The normalized spacial score (nSPS) is 11.7. The van der Waals surface area contributed by atoms with Crippen LogP contribution in [0.4, 0.5) is 5.69 Å². The van der Waals surface area contributed by atoms with Crippen molar-refractivity contribution in [2.75, 3.05) is 5.32 Å². The minimum Gasteiger partial charge on any atom is -0.508 e. The minimum atomic E-state index is -0.782. The van der Waals surface area contributed by atoms with Crippen LogP contribution in [0, 0.1) is 0 Å². The number of carbonyl (C=O) groups is 2. The van der Waals surface area contributed by atoms with E-state index in [1.54, 1.807) is 30.3 Å². The summed E-state index contributed by atoms with van der Waals surface area (Å²) in [6.45, 7) is 1.86. The monoisotopic (exact) mass is 349 g/mol. The first-order chi connectivity index (χ1) is 12.6. The Morgan fingerprint density at radius 2 is 1.81 bits per heavy atom. The molecule has 0 aliphatic carbocycles. The summed E-state index contributed by atoms with van der Waals surface area (Å²) < 4.78 is 0. The van der Waals surface area contributed by atoms with Gasteiger partial charge >= 0.3 is 11.8 Å². The highest BCUT2D eigenvalue weighted by Crippen LogP contribution is 2.25. The van der Waals surface area contributed by atoms with Crippen molar-refractivity contribution in [2.24, 2.45) is 0 Å². The molecule has 0 bridgehead atoms. The van der Waals surface area contributed by atoms with Gasteiger partial charge in [0.05, 0.1) is 23.4 Å². The molecule has 0 saturated carbocycles. The number of phenolic OH excluding ortho intramolecular Hbond substituents is 1. The van der Waals surface area contributed by atoms with Gasteiger partial charge in [-0.2, -0.15) is 0 Å². The summed E-state index contributed by atoms with van der Waals surface area (Å²) in [4.78, 5) is 28.7. The van der Waals surface area contributed by atoms with Crippen molar-refractivity contribution in [1.82, 2.24) is 10.3 Å². The number of hydrogen-bond acceptors (Lipinski definition) is 4. The van der Waals surface area contributed by atoms with E-state index in [4.69, 9.17) is 0 Å². The predicted molar refractivity (Wildman–Crippen MR) is 99.7 cm³/mol. The van der Waals surface area contributed by atoms with Crippen LogP contribution in [0.25, 0.3) is 10.9 Å². The van der Waals surface area contributed by atoms with Gasteiger partial charge in [0, 0.05) is 10.9 Å². The van der Waals surface area contributed by atoms with E-state index in [0.717, 1.165) is 10.9 Å². The molecule has 0 aliphatic heterocycles. The van der Waals surface area contributed by atoms with E-state index in [2.05, 4.69) is 15.6 Å². The fraction of sp³-hybridized carbons (Fsp3) is 0.150. The molecule has 6 nitrogen and oxygen atoms in total. The standard InChI is InChI=1S/C20H19N3O3/c1-2-16(15-8-4-6-10-18(15)24)23-20(26)19(25)22-14-11-13-7-3-5-9-17(13)21-12-14/h3-12,16,24H,2H2,1H3,(H,22,25)(H,23,26)/t16-/m1/s1. The maximum absolute atomic E-state index is 12.2. The molecule has 0 unspecified atom stereocenters. The number of amides is 2. The molecule has 1 heterocycles. The van der Waals surface area contributed by atoms with E-state index in [9.17, 15) is 14.7 Å². The molecular weight excluding hydrogens is 330 g/mol. The van der Waals surface area contributed by atoms with Crippen LogP contribution in [0.1, 0.15) is 24.9 Å². The van der Waals surface area contributed by atoms with Gasteiger partial charge in [0.15, 0.2) is 0 Å². The molecule has 132 valence electrons. The lowest BCUT2D eigenvalue weighted by Gasteiger charge is -2.18. The highest BCUT2D eigenvalue weighted by atomic mass is 16.3. The minimum absolute atomic E-state index is 0.0822. The number of para-hydroxylation sites is 2. The molecule has 2 amide bonds. The van der Waals surface area contributed by atoms with Gasteiger partial charge in [-0.3, -0.25) is 14.6 Å². The third kappa shape index (κ3) is 3.80. The summed E-state index contributed by atoms with van der Waals surface area (Å²) in [5.74, 6) is -1.47. The summed E-state index contributed by atoms with van der Waals surface area (Å²) in [6.07, 6.45) is 2.04. The van der Waals surface area contributed by atoms with Crippen molar-refractivity contribution in [2.45, 2.75) is 19.4 Å². The fourth-order valence-corrected chi connectivity index (χ4v) is 2.73. The number of nitrogens with one attached hydrogen (secondary N) is 2. The highest BCUT2D eigenvalue weighted by molar-refractivity contribution is 6.39. The Bertz CT molecular complexity index is 956. The van der Waals surface area contributed by atoms with Gasteiger partial charge in [0.2, 0.25) is 0 Å². The van der Waals surface area contributed by atoms with Crippen LogP contribution in [0.2, 0.25) is 0 Å². The molecule has 0 fully saturated rings. The Hall–Kier alpha value is -3.41. The number of anilines is 1. The maximum atomic E-state index is 12.2. The van der Waals surface area contributed by atoms with Crippen LogP contribution >= 0.6 is 0 Å². The number of pyridine rings is 1. The molecular formula is C20H19N3O3. The zero-order valence-corrected chi connectivity index (χ0v) is 14.3. The molecule has 3 aromatic rings. The summed E-state index contributed by atoms with van der Waals surface area (Å²) in [6, 6.07) is 15.5. The van der Waals surface area contributed by atoms with Crippen LogP contribution in [0.5, 0.6) is 5.75 Å². The van der Waals surface area contributed by atoms with E-state index in [1.165, 1.54) is 6.20 Å². The third-order valence-electron chi connectivity index (χ3n) is 4.08. The van der Waals surface area contributed by atoms with E-state index < -0.39 is 17.9 Å². The first-order valence-corrected chi connectivity index (χ1v) is 8.33. The summed E-state index contributed by atoms with van der Waals surface area (Å²) in [5.41, 5.74) is 1.82. The average Bonchev–Trinajstić information content (AvgIpc) is 2.66. The van der Waals surface area contributed by atoms with Crippen LogP contribution in [-0.2, 0) is 9.59 Å². The summed E-state index contributed by atoms with van der Waals surface area (Å²) in [5, 5.41) is 16.0. The summed E-state index contributed by atoms with van der Waals surface area (Å²) in [7, 11) is 0. The zero-order chi connectivity index (χ0) is 18.5. The molecule has 1 atom stereocenters. The van der Waals surface area contributed by atoms with Crippen molar-refractivity contribution >= 4 is 28.4 Å². The Kier molecular flexibility index (Phi) is 5.12. The van der Waals surface area contributed by atoms with Crippen molar-refractivity contribution in [3.05, 3.63) is 66.4 Å². The van der Waals surface area contributed by atoms with Crippen LogP contribution in [0.15, 0.2) is 60.8 Å². The second-order valence-electron chi connectivity index (χ2n) is 5.86. The molecule has 26 heavy (non-hydrogen) atoms. The van der Waals surface area contributed by atoms with Gasteiger partial charge in [-0.05, 0) is 24.6 Å². The second kappa shape index (κ2) is 7.65. The topological polar surface area (TPSA) is 91.3 Å². The highest BCUT2D eigenvalue weighted by Gasteiger charge is 2.20. The van der Waals surface area contributed by atoms with Crippen molar-refractivity contribution in [1.29, 1.82) is 0 Å². The lowest BCUT2D eigenvalue weighted by atomic mass is 10.0. The molecule has 0 spiro atoms. The first-order valence-electron chi connectivity index (χ1n) is 8.33. The van der Waals surface area contributed by atoms with E-state index in [-0.39, 0.29) is 5.75 Å². The number of fused-ring (bicyclic) bond motifs is 1. The lowest BCUT2D eigenvalue weighted by Crippen LogP contribution is -2.37. The van der Waals surface area contributed by atoms with Gasteiger partial charge in [-0.1, -0.05) is 43.3 Å². The Balaban J connectivity index is 1.70. The van der Waals surface area contributed by atoms with Gasteiger partial charge in [-0.25, -0.2) is 0 Å². The Morgan fingerprint density at radius 3 is 2.58 bits per heavy atom. The maximum Gasteiger partial charge on any atom is 0.313 e. The molecule has 2 aromatic carbocycles. The fourth-order valence-electron chi connectivity index (χ4n) is 2.73. The lowest BCUT2D eigenvalue weighted by molar-refractivity contribution is -0.136. The van der Waals surface area contributed by atoms with E-state index in [0.29, 0.717) is 17.7 Å². The second-order valence-corrected chi connectivity index (χ2v) is 5.86. The zero-order valence-electron chi connectivity index (χ0n) is 14.3. The number of rotatable bonds is 4. The van der Waals surface area contributed by atoms with Gasteiger partial charge in [-0.15, -0.1) is 0 Å². The third-order valence-corrected chi connectivity index (χ3v) is 4.08. The van der Waals surface area contributed by atoms with E-state index in [1.807, 2.05) is 31.2 Å². The molecule has 1 aromatic heterocycles. The average molecular weight is 349 g/mol. The van der Waals surface area contributed by atoms with Crippen molar-refractivity contribution in [3.8, 4) is 5.75 Å². The van der Waals surface area contributed by atoms with Crippen LogP contribution in [0.3, 0.4) is 0 Å². The number of phenols is 1. The van der Waals surface area contributed by atoms with Crippen molar-refractivity contribution in [3.63, 3.8) is 0 Å². The van der Waals surface area contributed by atoms with Gasteiger partial charge < -0.3 is 15.7 Å². The molecule has 6 heteroatoms. The summed E-state index contributed by atoms with van der Waals surface area (Å²) >= 11 is 0. The SMILES string of the molecule is CC[C@@H](NC(=O)C(=O)Nc1cnc2ccccc2c1)c1ccccc1O. The molecule has 0 saturated heterocycles. The van der Waals surface area contributed by atoms with Crippen molar-refractivity contribution < 1.29 is 14.7 Å². The van der Waals surface area contributed by atoms with Gasteiger partial charge in [0.1, 0.15) is 5.75 Å². The molecule has 0 aliphatic rings. The van der Waals surface area contributed by atoms with Crippen LogP contribution < -0.4 is 10.6 Å². The Morgan fingerprint density at radius 1 is 1.08 bits per heavy atom. The quantitative estimate of drug-likeness (QED) is 0.631. The molecule has 0 radical (unpaired) electrons. The van der Waals surface area contributed by atoms with Crippen LogP contribution in [-0.4, -0.2) is 21.9 Å². The number of nitrogens with zero attached hydrogens (tertiary/aromatic N) is 1. The predicted octanol–water partition coefficient (Wildman–Crippen LogP) is 3.15. The van der Waals surface area contributed by atoms with Gasteiger partial charge in [0.25, 0.3) is 0 Å². The number of aromatic hydroxyl groups is 1.